The summed E-state index contributed by atoms with van der Waals surface area (Å²) in [7, 11) is 0. The van der Waals surface area contributed by atoms with Gasteiger partial charge in [-0.1, -0.05) is 60.7 Å². The molecule has 2 nitrogen and oxygen atoms in total. The quantitative estimate of drug-likeness (QED) is 0.285. The van der Waals surface area contributed by atoms with E-state index in [1.807, 2.05) is 24.3 Å². The highest BCUT2D eigenvalue weighted by atomic mass is 15.0. The zero-order valence-electron chi connectivity index (χ0n) is 16.6. The minimum Gasteiger partial charge on any atom is -0.309 e. The van der Waals surface area contributed by atoms with Crippen molar-refractivity contribution in [3.63, 3.8) is 0 Å². The van der Waals surface area contributed by atoms with Crippen molar-refractivity contribution in [3.8, 4) is 34.0 Å². The third-order valence-electron chi connectivity index (χ3n) is 6.55. The molecule has 5 aromatic carbocycles. The molecule has 0 atom stereocenters. The van der Waals surface area contributed by atoms with Gasteiger partial charge in [0.2, 0.25) is 0 Å². The number of hydrogen-bond donors (Lipinski definition) is 0. The second-order valence-electron chi connectivity index (χ2n) is 8.11. The Morgan fingerprint density at radius 3 is 2.06 bits per heavy atom. The van der Waals surface area contributed by atoms with Gasteiger partial charge in [0.15, 0.2) is 0 Å². The van der Waals surface area contributed by atoms with E-state index in [-0.39, 0.29) is 0 Å². The lowest BCUT2D eigenvalue weighted by atomic mass is 9.99. The van der Waals surface area contributed by atoms with Crippen molar-refractivity contribution in [3.05, 3.63) is 103 Å². The van der Waals surface area contributed by atoms with Crippen LogP contribution in [0, 0.1) is 11.3 Å². The number of aromatic nitrogens is 1. The van der Waals surface area contributed by atoms with Gasteiger partial charge in [0, 0.05) is 21.8 Å². The number of benzene rings is 5. The number of para-hydroxylation sites is 1. The molecule has 0 unspecified atom stereocenters. The van der Waals surface area contributed by atoms with Crippen molar-refractivity contribution in [1.82, 2.24) is 4.57 Å². The van der Waals surface area contributed by atoms with Crippen LogP contribution >= 0.6 is 0 Å². The van der Waals surface area contributed by atoms with E-state index in [2.05, 4.69) is 83.4 Å². The molecule has 0 spiro atoms. The number of rotatable bonds is 1. The van der Waals surface area contributed by atoms with Gasteiger partial charge in [-0.25, -0.2) is 0 Å². The standard InChI is InChI=1S/C29H16N2/c30-17-18-12-14-19(15-13-18)31-27-11-4-3-8-22(27)26-16-25-21-7-2-1-6-20(21)23-9-5-10-24(28(23)25)29(26)31/h1-16H. The van der Waals surface area contributed by atoms with Crippen LogP contribution in [0.15, 0.2) is 97.1 Å². The summed E-state index contributed by atoms with van der Waals surface area (Å²) in [6, 6.07) is 36.4. The van der Waals surface area contributed by atoms with E-state index in [1.165, 1.54) is 54.8 Å². The maximum atomic E-state index is 9.24. The summed E-state index contributed by atoms with van der Waals surface area (Å²) in [4.78, 5) is 0. The van der Waals surface area contributed by atoms with E-state index in [1.54, 1.807) is 0 Å². The summed E-state index contributed by atoms with van der Waals surface area (Å²) >= 11 is 0. The van der Waals surface area contributed by atoms with Crippen molar-refractivity contribution >= 4 is 32.6 Å². The van der Waals surface area contributed by atoms with Gasteiger partial charge in [0.1, 0.15) is 0 Å². The third-order valence-corrected chi connectivity index (χ3v) is 6.55. The Bertz CT molecular complexity index is 1730. The zero-order chi connectivity index (χ0) is 20.5. The molecule has 142 valence electrons. The highest BCUT2D eigenvalue weighted by Crippen LogP contribution is 2.50. The lowest BCUT2D eigenvalue weighted by Gasteiger charge is -2.11. The molecule has 6 aromatic rings. The van der Waals surface area contributed by atoms with Crippen molar-refractivity contribution < 1.29 is 0 Å². The first-order valence-corrected chi connectivity index (χ1v) is 10.4. The molecular weight excluding hydrogens is 376 g/mol. The molecule has 0 aliphatic heterocycles. The van der Waals surface area contributed by atoms with Gasteiger partial charge < -0.3 is 4.57 Å². The van der Waals surface area contributed by atoms with Gasteiger partial charge in [-0.05, 0) is 64.0 Å². The first-order chi connectivity index (χ1) is 15.3. The van der Waals surface area contributed by atoms with Gasteiger partial charge in [-0.2, -0.15) is 5.26 Å². The lowest BCUT2D eigenvalue weighted by molar-refractivity contribution is 1.18. The molecular formula is C29H16N2. The van der Waals surface area contributed by atoms with Gasteiger partial charge in [0.05, 0.1) is 22.7 Å². The SMILES string of the molecule is N#Cc1ccc(-n2c3ccccc3c3cc4c5c(cccc5c32)-c2ccccc2-4)cc1. The summed E-state index contributed by atoms with van der Waals surface area (Å²) < 4.78 is 2.34. The molecule has 0 amide bonds. The molecule has 1 aliphatic rings. The Labute approximate surface area is 179 Å². The third kappa shape index (κ3) is 2.05. The lowest BCUT2D eigenvalue weighted by Crippen LogP contribution is -1.94. The Hall–Kier alpha value is -4.35. The fourth-order valence-electron chi connectivity index (χ4n) is 5.28. The molecule has 2 heteroatoms. The van der Waals surface area contributed by atoms with Crippen LogP contribution in [-0.4, -0.2) is 4.57 Å². The molecule has 0 N–H and O–H groups in total. The van der Waals surface area contributed by atoms with Gasteiger partial charge in [-0.15, -0.1) is 0 Å². The first kappa shape index (κ1) is 16.4. The predicted octanol–water partition coefficient (Wildman–Crippen LogP) is 7.46. The van der Waals surface area contributed by atoms with Crippen molar-refractivity contribution in [1.29, 1.82) is 5.26 Å². The summed E-state index contributed by atoms with van der Waals surface area (Å²) in [6.07, 6.45) is 0. The van der Waals surface area contributed by atoms with Crippen LogP contribution in [0.1, 0.15) is 5.56 Å². The average molecular weight is 392 g/mol. The Balaban J connectivity index is 1.72. The molecule has 0 saturated heterocycles. The van der Waals surface area contributed by atoms with Crippen LogP contribution in [0.25, 0.3) is 60.5 Å². The fraction of sp³-hybridized carbons (Fsp3) is 0. The Kier molecular flexibility index (Phi) is 3.10. The van der Waals surface area contributed by atoms with Crippen LogP contribution in [0.4, 0.5) is 0 Å². The molecule has 0 fully saturated rings. The zero-order valence-corrected chi connectivity index (χ0v) is 16.6. The molecule has 1 aromatic heterocycles. The maximum absolute atomic E-state index is 9.24. The minimum absolute atomic E-state index is 0.673. The largest absolute Gasteiger partial charge is 0.309 e. The number of hydrogen-bond acceptors (Lipinski definition) is 1. The average Bonchev–Trinajstić information content (AvgIpc) is 3.34. The van der Waals surface area contributed by atoms with E-state index in [0.717, 1.165) is 5.69 Å². The number of nitriles is 1. The van der Waals surface area contributed by atoms with Gasteiger partial charge in [0.25, 0.3) is 0 Å². The molecule has 7 rings (SSSR count). The van der Waals surface area contributed by atoms with E-state index < -0.39 is 0 Å². The van der Waals surface area contributed by atoms with Crippen molar-refractivity contribution in [2.75, 3.05) is 0 Å². The summed E-state index contributed by atoms with van der Waals surface area (Å²) in [5, 5.41) is 14.3. The highest BCUT2D eigenvalue weighted by Gasteiger charge is 2.25. The molecule has 0 radical (unpaired) electrons. The van der Waals surface area contributed by atoms with Crippen molar-refractivity contribution in [2.24, 2.45) is 0 Å². The second-order valence-corrected chi connectivity index (χ2v) is 8.11. The van der Waals surface area contributed by atoms with E-state index in [9.17, 15) is 5.26 Å². The normalized spacial score (nSPS) is 11.8. The molecule has 1 heterocycles. The van der Waals surface area contributed by atoms with Crippen LogP contribution in [0.3, 0.4) is 0 Å². The number of nitrogens with zero attached hydrogens (tertiary/aromatic N) is 2. The predicted molar refractivity (Wildman–Crippen MR) is 127 cm³/mol. The smallest absolute Gasteiger partial charge is 0.0991 e. The van der Waals surface area contributed by atoms with E-state index in [4.69, 9.17) is 0 Å². The minimum atomic E-state index is 0.673. The Morgan fingerprint density at radius 2 is 1.26 bits per heavy atom. The van der Waals surface area contributed by atoms with E-state index in [0.29, 0.717) is 5.56 Å². The topological polar surface area (TPSA) is 28.7 Å². The summed E-state index contributed by atoms with van der Waals surface area (Å²) in [5.41, 5.74) is 9.39. The molecule has 1 aliphatic carbocycles. The highest BCUT2D eigenvalue weighted by molar-refractivity contribution is 6.27. The van der Waals surface area contributed by atoms with Crippen LogP contribution < -0.4 is 0 Å². The Morgan fingerprint density at radius 1 is 0.581 bits per heavy atom. The van der Waals surface area contributed by atoms with Crippen LogP contribution in [0.2, 0.25) is 0 Å². The van der Waals surface area contributed by atoms with Gasteiger partial charge >= 0.3 is 0 Å². The number of fused-ring (bicyclic) bond motifs is 7. The fourth-order valence-corrected chi connectivity index (χ4v) is 5.28. The molecule has 31 heavy (non-hydrogen) atoms. The monoisotopic (exact) mass is 392 g/mol. The summed E-state index contributed by atoms with van der Waals surface area (Å²) in [6.45, 7) is 0. The van der Waals surface area contributed by atoms with Crippen molar-refractivity contribution in [2.45, 2.75) is 0 Å². The first-order valence-electron chi connectivity index (χ1n) is 10.4. The van der Waals surface area contributed by atoms with E-state index >= 15 is 0 Å². The molecule has 0 bridgehead atoms. The van der Waals surface area contributed by atoms with Gasteiger partial charge in [-0.3, -0.25) is 0 Å². The maximum Gasteiger partial charge on any atom is 0.0991 e. The van der Waals surface area contributed by atoms with Crippen LogP contribution in [-0.2, 0) is 0 Å². The van der Waals surface area contributed by atoms with Crippen LogP contribution in [0.5, 0.6) is 0 Å². The second kappa shape index (κ2) is 5.84. The summed E-state index contributed by atoms with van der Waals surface area (Å²) in [5.74, 6) is 0. The molecule has 0 saturated carbocycles.